The van der Waals surface area contributed by atoms with E-state index in [1.54, 1.807) is 0 Å². The molecule has 1 nitrogen and oxygen atoms in total. The fourth-order valence-electron chi connectivity index (χ4n) is 1.50. The van der Waals surface area contributed by atoms with Gasteiger partial charge < -0.3 is 4.74 Å². The maximum Gasteiger partial charge on any atom is 0.193 e. The lowest BCUT2D eigenvalue weighted by Crippen LogP contribution is -2.69. The molecular formula is C6Br10O. The summed E-state index contributed by atoms with van der Waals surface area (Å²) < 4.78 is 1.92. The van der Waals surface area contributed by atoms with Gasteiger partial charge in [-0.05, 0) is 31.9 Å². The summed E-state index contributed by atoms with van der Waals surface area (Å²) >= 11 is 36.6. The van der Waals surface area contributed by atoms with E-state index in [9.17, 15) is 0 Å². The lowest BCUT2D eigenvalue weighted by molar-refractivity contribution is 0.350. The lowest BCUT2D eigenvalue weighted by Gasteiger charge is -2.54. The molecule has 0 aromatic carbocycles. The highest BCUT2D eigenvalue weighted by molar-refractivity contribution is 9.35. The quantitative estimate of drug-likeness (QED) is 0.186. The molecule has 1 aliphatic carbocycles. The van der Waals surface area contributed by atoms with Crippen LogP contribution < -0.4 is 0 Å². The van der Waals surface area contributed by atoms with Crippen molar-refractivity contribution in [2.24, 2.45) is 0 Å². The summed E-state index contributed by atoms with van der Waals surface area (Å²) in [5.74, 6) is 0. The van der Waals surface area contributed by atoms with Crippen LogP contribution in [0.5, 0.6) is 0 Å². The summed E-state index contributed by atoms with van der Waals surface area (Å²) in [4.78, 5) is 0. The number of halogens is 10. The topological polar surface area (TPSA) is 12.5 Å². The SMILES string of the molecule is BrC1(Br)C(Br)(Br)C(Br)(Br)C2(Br)OC2(Br)C1(Br)Br. The molecule has 0 N–H and O–H groups in total. The predicted octanol–water partition coefficient (Wildman–Crippen LogP) is 7.16. The molecule has 11 heteroatoms. The molecule has 0 radical (unpaired) electrons. The Kier molecular flexibility index (Phi) is 4.95. The van der Waals surface area contributed by atoms with Crippen molar-refractivity contribution in [3.05, 3.63) is 0 Å². The van der Waals surface area contributed by atoms with Crippen LogP contribution in [0.25, 0.3) is 0 Å². The van der Waals surface area contributed by atoms with Gasteiger partial charge in [0, 0.05) is 0 Å². The van der Waals surface area contributed by atoms with E-state index in [1.165, 1.54) is 0 Å². The first-order valence-corrected chi connectivity index (χ1v) is 11.7. The number of epoxide rings is 1. The van der Waals surface area contributed by atoms with Crippen molar-refractivity contribution in [3.8, 4) is 0 Å². The molecule has 1 saturated heterocycles. The Morgan fingerprint density at radius 3 is 0.882 bits per heavy atom. The first-order chi connectivity index (χ1) is 7.21. The zero-order chi connectivity index (χ0) is 13.7. The highest BCUT2D eigenvalue weighted by Crippen LogP contribution is 2.87. The highest BCUT2D eigenvalue weighted by Gasteiger charge is 2.95. The summed E-state index contributed by atoms with van der Waals surface area (Å²) in [5.41, 5.74) is 0. The second-order valence-corrected chi connectivity index (χ2v) is 19.6. The van der Waals surface area contributed by atoms with Crippen LogP contribution in [0.1, 0.15) is 0 Å². The van der Waals surface area contributed by atoms with Gasteiger partial charge in [-0.2, -0.15) is 0 Å². The van der Waals surface area contributed by atoms with Crippen molar-refractivity contribution >= 4 is 159 Å². The third kappa shape index (κ3) is 1.85. The van der Waals surface area contributed by atoms with Gasteiger partial charge in [-0.15, -0.1) is 0 Å². The molecule has 0 amide bonds. The molecule has 0 aromatic heterocycles. The molecule has 2 fully saturated rings. The van der Waals surface area contributed by atoms with E-state index >= 15 is 0 Å². The van der Waals surface area contributed by atoms with Gasteiger partial charge in [0.05, 0.1) is 0 Å². The Bertz CT molecular complexity index is 354. The molecule has 0 aromatic rings. The molecule has 17 heavy (non-hydrogen) atoms. The monoisotopic (exact) mass is 877 g/mol. The molecule has 2 unspecified atom stereocenters. The number of rotatable bonds is 0. The summed E-state index contributed by atoms with van der Waals surface area (Å²) in [6.45, 7) is 0. The van der Waals surface area contributed by atoms with E-state index in [0.717, 1.165) is 0 Å². The van der Waals surface area contributed by atoms with Crippen LogP contribution in [0.4, 0.5) is 0 Å². The van der Waals surface area contributed by atoms with Crippen LogP contribution in [-0.2, 0) is 4.74 Å². The lowest BCUT2D eigenvalue weighted by atomic mass is 9.99. The average Bonchev–Trinajstić information content (AvgIpc) is 2.71. The zero-order valence-corrected chi connectivity index (χ0v) is 23.0. The van der Waals surface area contributed by atoms with Crippen LogP contribution in [0.15, 0.2) is 0 Å². The molecule has 1 aliphatic heterocycles. The number of alkyl halides is 10. The van der Waals surface area contributed by atoms with Crippen molar-refractivity contribution in [1.82, 2.24) is 0 Å². The second kappa shape index (κ2) is 4.65. The number of hydrogen-bond acceptors (Lipinski definition) is 1. The third-order valence-electron chi connectivity index (χ3n) is 2.64. The first-order valence-electron chi connectivity index (χ1n) is 3.80. The Morgan fingerprint density at radius 2 is 0.647 bits per heavy atom. The molecule has 2 aliphatic rings. The Hall–Kier alpha value is 4.76. The second-order valence-electron chi connectivity index (χ2n) is 3.59. The number of ether oxygens (including phenoxy) is 1. The fraction of sp³-hybridized carbons (Fsp3) is 1.00. The molecule has 1 heterocycles. The molecule has 100 valence electrons. The van der Waals surface area contributed by atoms with Crippen LogP contribution in [0.3, 0.4) is 0 Å². The molecule has 1 saturated carbocycles. The van der Waals surface area contributed by atoms with Gasteiger partial charge in [0.1, 0.15) is 6.47 Å². The summed E-state index contributed by atoms with van der Waals surface area (Å²) in [7, 11) is 0. The van der Waals surface area contributed by atoms with Crippen molar-refractivity contribution in [2.45, 2.75) is 22.0 Å². The predicted molar refractivity (Wildman–Crippen MR) is 107 cm³/mol. The largest absolute Gasteiger partial charge is 0.333 e. The minimum absolute atomic E-state index is 0.649. The van der Waals surface area contributed by atoms with Crippen LogP contribution in [-0.4, -0.2) is 22.0 Å². The first kappa shape index (κ1) is 18.1. The summed E-state index contributed by atoms with van der Waals surface area (Å²) in [5, 5.41) is 0. The molecule has 0 spiro atoms. The van der Waals surface area contributed by atoms with Gasteiger partial charge in [0.15, 0.2) is 15.5 Å². The van der Waals surface area contributed by atoms with Gasteiger partial charge >= 0.3 is 0 Å². The van der Waals surface area contributed by atoms with Gasteiger partial charge in [-0.1, -0.05) is 127 Å². The van der Waals surface area contributed by atoms with E-state index in [1.807, 2.05) is 0 Å². The maximum absolute atomic E-state index is 5.88. The van der Waals surface area contributed by atoms with Crippen LogP contribution in [0.2, 0.25) is 0 Å². The Labute approximate surface area is 182 Å². The van der Waals surface area contributed by atoms with Crippen molar-refractivity contribution < 1.29 is 4.74 Å². The molecule has 0 bridgehead atoms. The Morgan fingerprint density at radius 1 is 0.412 bits per heavy atom. The van der Waals surface area contributed by atoms with E-state index in [0.29, 0.717) is 0 Å². The molecule has 2 rings (SSSR count). The summed E-state index contributed by atoms with van der Waals surface area (Å²) in [6, 6.07) is 0. The minimum atomic E-state index is -0.683. The molecule has 2 atom stereocenters. The van der Waals surface area contributed by atoms with Gasteiger partial charge in [0.2, 0.25) is 0 Å². The summed E-state index contributed by atoms with van der Waals surface area (Å²) in [6.07, 6.45) is 0. The van der Waals surface area contributed by atoms with Crippen molar-refractivity contribution in [3.63, 3.8) is 0 Å². The molecular weight excluding hydrogens is 887 g/mol. The van der Waals surface area contributed by atoms with E-state index in [-0.39, 0.29) is 0 Å². The van der Waals surface area contributed by atoms with E-state index in [4.69, 9.17) is 4.74 Å². The van der Waals surface area contributed by atoms with E-state index < -0.39 is 22.0 Å². The maximum atomic E-state index is 5.88. The highest BCUT2D eigenvalue weighted by atomic mass is 79.9. The van der Waals surface area contributed by atoms with Crippen molar-refractivity contribution in [2.75, 3.05) is 0 Å². The fourth-order valence-corrected chi connectivity index (χ4v) is 12.6. The smallest absolute Gasteiger partial charge is 0.193 e. The number of hydrogen-bond donors (Lipinski definition) is 0. The standard InChI is InChI=1S/C6Br10O/c7-1(8)2(9,10)4(13,14)6(16)5(15,17-6)3(1,11)12. The minimum Gasteiger partial charge on any atom is -0.333 e. The Balaban J connectivity index is 2.71. The van der Waals surface area contributed by atoms with Gasteiger partial charge in [-0.25, -0.2) is 0 Å². The van der Waals surface area contributed by atoms with Crippen LogP contribution >= 0.6 is 159 Å². The third-order valence-corrected chi connectivity index (χ3v) is 23.7. The number of fused-ring (bicyclic) bond motifs is 1. The van der Waals surface area contributed by atoms with E-state index in [2.05, 4.69) is 159 Å². The normalized spacial score (nSPS) is 48.4. The zero-order valence-electron chi connectivity index (χ0n) is 7.19. The van der Waals surface area contributed by atoms with Gasteiger partial charge in [0.25, 0.3) is 0 Å². The van der Waals surface area contributed by atoms with Crippen LogP contribution in [0, 0.1) is 0 Å². The van der Waals surface area contributed by atoms with Gasteiger partial charge in [-0.3, -0.25) is 0 Å². The van der Waals surface area contributed by atoms with Crippen molar-refractivity contribution in [1.29, 1.82) is 0 Å². The average molecular weight is 887 g/mol.